The van der Waals surface area contributed by atoms with E-state index in [2.05, 4.69) is 4.57 Å². The molecule has 25 heavy (non-hydrogen) atoms. The van der Waals surface area contributed by atoms with Crippen LogP contribution in [0.3, 0.4) is 0 Å². The zero-order valence-electron chi connectivity index (χ0n) is 13.3. The van der Waals surface area contributed by atoms with E-state index in [0.29, 0.717) is 17.9 Å². The van der Waals surface area contributed by atoms with E-state index in [1.54, 1.807) is 12.1 Å². The molecule has 4 rings (SSSR count). The second kappa shape index (κ2) is 5.52. The predicted octanol–water partition coefficient (Wildman–Crippen LogP) is 3.92. The van der Waals surface area contributed by atoms with Crippen LogP contribution in [0.1, 0.15) is 5.56 Å². The van der Waals surface area contributed by atoms with Crippen LogP contribution in [0.4, 0.5) is 17.1 Å². The molecule has 124 valence electrons. The van der Waals surface area contributed by atoms with E-state index in [1.807, 2.05) is 42.5 Å². The first kappa shape index (κ1) is 15.0. The average Bonchev–Trinajstić information content (AvgIpc) is 2.88. The van der Waals surface area contributed by atoms with Gasteiger partial charge in [-0.25, -0.2) is 0 Å². The Balaban J connectivity index is 1.95. The number of benzene rings is 3. The third-order valence-corrected chi connectivity index (χ3v) is 4.38. The molecule has 0 atom stereocenters. The highest BCUT2D eigenvalue weighted by molar-refractivity contribution is 6.09. The zero-order chi connectivity index (χ0) is 17.6. The average molecular weight is 332 g/mol. The van der Waals surface area contributed by atoms with Crippen molar-refractivity contribution in [2.24, 2.45) is 0 Å². The normalized spacial score (nSPS) is 11.2. The van der Waals surface area contributed by atoms with Gasteiger partial charge in [0.15, 0.2) is 0 Å². The number of nitro groups is 1. The highest BCUT2D eigenvalue weighted by Gasteiger charge is 2.13. The highest BCUT2D eigenvalue weighted by atomic mass is 16.6. The number of hydrogen-bond acceptors (Lipinski definition) is 4. The smallest absolute Gasteiger partial charge is 0.269 e. The van der Waals surface area contributed by atoms with Crippen molar-refractivity contribution in [3.05, 3.63) is 76.3 Å². The molecule has 1 heterocycles. The molecule has 4 N–H and O–H groups in total. The number of fused-ring (bicyclic) bond motifs is 3. The van der Waals surface area contributed by atoms with Crippen molar-refractivity contribution in [3.8, 4) is 0 Å². The van der Waals surface area contributed by atoms with Gasteiger partial charge < -0.3 is 16.0 Å². The quantitative estimate of drug-likeness (QED) is 0.337. The topological polar surface area (TPSA) is 100 Å². The van der Waals surface area contributed by atoms with E-state index in [-0.39, 0.29) is 10.6 Å². The molecule has 0 aliphatic heterocycles. The lowest BCUT2D eigenvalue weighted by molar-refractivity contribution is -0.384. The van der Waals surface area contributed by atoms with Gasteiger partial charge in [0, 0.05) is 40.8 Å². The Bertz CT molecular complexity index is 1070. The van der Waals surface area contributed by atoms with Gasteiger partial charge in [-0.2, -0.15) is 0 Å². The largest absolute Gasteiger partial charge is 0.399 e. The van der Waals surface area contributed by atoms with Crippen LogP contribution >= 0.6 is 0 Å². The van der Waals surface area contributed by atoms with Crippen LogP contribution in [-0.4, -0.2) is 9.49 Å². The van der Waals surface area contributed by atoms with Crippen molar-refractivity contribution < 1.29 is 4.92 Å². The van der Waals surface area contributed by atoms with E-state index in [4.69, 9.17) is 11.5 Å². The molecule has 0 unspecified atom stereocenters. The van der Waals surface area contributed by atoms with Gasteiger partial charge in [-0.15, -0.1) is 0 Å². The molecule has 0 bridgehead atoms. The molecule has 0 fully saturated rings. The fourth-order valence-corrected chi connectivity index (χ4v) is 3.25. The van der Waals surface area contributed by atoms with Crippen molar-refractivity contribution in [1.29, 1.82) is 0 Å². The van der Waals surface area contributed by atoms with Crippen LogP contribution in [0.25, 0.3) is 21.8 Å². The summed E-state index contributed by atoms with van der Waals surface area (Å²) in [6.07, 6.45) is 0. The summed E-state index contributed by atoms with van der Waals surface area (Å²) in [5.74, 6) is 0. The van der Waals surface area contributed by atoms with Crippen molar-refractivity contribution in [1.82, 2.24) is 4.57 Å². The van der Waals surface area contributed by atoms with Gasteiger partial charge in [0.2, 0.25) is 0 Å². The molecule has 0 aliphatic carbocycles. The zero-order valence-corrected chi connectivity index (χ0v) is 13.3. The van der Waals surface area contributed by atoms with Crippen molar-refractivity contribution in [2.45, 2.75) is 6.54 Å². The fraction of sp³-hybridized carbons (Fsp3) is 0.0526. The minimum atomic E-state index is -0.384. The third-order valence-electron chi connectivity index (χ3n) is 4.38. The Hall–Kier alpha value is -3.54. The Morgan fingerprint density at radius 3 is 2.04 bits per heavy atom. The first-order chi connectivity index (χ1) is 12.0. The van der Waals surface area contributed by atoms with Gasteiger partial charge in [0.05, 0.1) is 16.0 Å². The molecule has 3 aromatic carbocycles. The van der Waals surface area contributed by atoms with Crippen LogP contribution in [0.5, 0.6) is 0 Å². The Morgan fingerprint density at radius 2 is 1.48 bits per heavy atom. The first-order valence-corrected chi connectivity index (χ1v) is 7.83. The van der Waals surface area contributed by atoms with Crippen molar-refractivity contribution in [2.75, 3.05) is 11.5 Å². The predicted molar refractivity (Wildman–Crippen MR) is 100 cm³/mol. The lowest BCUT2D eigenvalue weighted by atomic mass is 10.1. The van der Waals surface area contributed by atoms with Crippen LogP contribution in [0.15, 0.2) is 60.7 Å². The van der Waals surface area contributed by atoms with Crippen molar-refractivity contribution >= 4 is 38.9 Å². The number of non-ortho nitro benzene ring substituents is 1. The molecular weight excluding hydrogens is 316 g/mol. The summed E-state index contributed by atoms with van der Waals surface area (Å²) >= 11 is 0. The number of hydrogen-bond donors (Lipinski definition) is 2. The van der Waals surface area contributed by atoms with Gasteiger partial charge in [-0.1, -0.05) is 24.3 Å². The summed E-state index contributed by atoms with van der Waals surface area (Å²) in [4.78, 5) is 10.7. The van der Waals surface area contributed by atoms with E-state index in [9.17, 15) is 10.1 Å². The lowest BCUT2D eigenvalue weighted by Gasteiger charge is -2.08. The third kappa shape index (κ3) is 2.53. The molecule has 0 aliphatic rings. The van der Waals surface area contributed by atoms with E-state index in [1.165, 1.54) is 6.07 Å². The lowest BCUT2D eigenvalue weighted by Crippen LogP contribution is -2.01. The summed E-state index contributed by atoms with van der Waals surface area (Å²) in [7, 11) is 0. The van der Waals surface area contributed by atoms with Gasteiger partial charge in [0.25, 0.3) is 5.69 Å². The minimum absolute atomic E-state index is 0.0808. The summed E-state index contributed by atoms with van der Waals surface area (Å²) in [5, 5.41) is 13.2. The molecule has 4 aromatic rings. The Labute approximate surface area is 143 Å². The number of nitrogens with two attached hydrogens (primary N) is 2. The maximum Gasteiger partial charge on any atom is 0.269 e. The number of anilines is 2. The summed E-state index contributed by atoms with van der Waals surface area (Å²) in [6.45, 7) is 0.495. The van der Waals surface area contributed by atoms with E-state index in [0.717, 1.165) is 27.4 Å². The Morgan fingerprint density at radius 1 is 0.880 bits per heavy atom. The maximum atomic E-state index is 11.0. The molecule has 0 radical (unpaired) electrons. The molecule has 0 saturated heterocycles. The standard InChI is InChI=1S/C19H16N4O2/c20-13-4-6-16-17-7-5-14(21)10-19(17)22(18(16)9-13)11-12-2-1-3-15(8-12)23(24)25/h1-10H,11,20-21H2. The number of nitrogen functional groups attached to an aromatic ring is 2. The maximum absolute atomic E-state index is 11.0. The van der Waals surface area contributed by atoms with Crippen LogP contribution < -0.4 is 11.5 Å². The SMILES string of the molecule is Nc1ccc2c3ccc(N)cc3n(Cc3cccc([N+](=O)[O-])c3)c2c1. The first-order valence-electron chi connectivity index (χ1n) is 7.83. The number of nitrogens with zero attached hydrogens (tertiary/aromatic N) is 2. The number of rotatable bonds is 3. The Kier molecular flexibility index (Phi) is 3.32. The molecule has 0 amide bonds. The molecular formula is C19H16N4O2. The molecule has 0 spiro atoms. The summed E-state index contributed by atoms with van der Waals surface area (Å²) < 4.78 is 2.09. The van der Waals surface area contributed by atoms with Crippen molar-refractivity contribution in [3.63, 3.8) is 0 Å². The molecule has 0 saturated carbocycles. The number of aromatic nitrogens is 1. The van der Waals surface area contributed by atoms with Crippen LogP contribution in [0, 0.1) is 10.1 Å². The van der Waals surface area contributed by atoms with E-state index >= 15 is 0 Å². The monoisotopic (exact) mass is 332 g/mol. The number of nitro benzene ring substituents is 1. The molecule has 1 aromatic heterocycles. The van der Waals surface area contributed by atoms with Gasteiger partial charge in [-0.05, 0) is 29.8 Å². The summed E-state index contributed by atoms with van der Waals surface area (Å²) in [6, 6.07) is 18.2. The van der Waals surface area contributed by atoms with Gasteiger partial charge in [-0.3, -0.25) is 10.1 Å². The molecule has 6 heteroatoms. The fourth-order valence-electron chi connectivity index (χ4n) is 3.25. The highest BCUT2D eigenvalue weighted by Crippen LogP contribution is 2.32. The van der Waals surface area contributed by atoms with E-state index < -0.39 is 0 Å². The summed E-state index contributed by atoms with van der Waals surface area (Å²) in [5.41, 5.74) is 16.2. The van der Waals surface area contributed by atoms with Crippen LogP contribution in [-0.2, 0) is 6.54 Å². The van der Waals surface area contributed by atoms with Gasteiger partial charge in [0.1, 0.15) is 0 Å². The minimum Gasteiger partial charge on any atom is -0.399 e. The molecule has 6 nitrogen and oxygen atoms in total. The second-order valence-corrected chi connectivity index (χ2v) is 6.07. The second-order valence-electron chi connectivity index (χ2n) is 6.07. The van der Waals surface area contributed by atoms with Crippen LogP contribution in [0.2, 0.25) is 0 Å². The van der Waals surface area contributed by atoms with Gasteiger partial charge >= 0.3 is 0 Å².